The highest BCUT2D eigenvalue weighted by Gasteiger charge is 2.27. The summed E-state index contributed by atoms with van der Waals surface area (Å²) in [6.45, 7) is 5.63. The minimum absolute atomic E-state index is 0.0898. The summed E-state index contributed by atoms with van der Waals surface area (Å²) >= 11 is 0. The van der Waals surface area contributed by atoms with E-state index >= 15 is 0 Å². The van der Waals surface area contributed by atoms with Crippen LogP contribution >= 0.6 is 0 Å². The van der Waals surface area contributed by atoms with Crippen LogP contribution in [-0.4, -0.2) is 18.5 Å². The molecule has 2 atom stereocenters. The first-order chi connectivity index (χ1) is 10.2. The van der Waals surface area contributed by atoms with E-state index in [0.29, 0.717) is 31.0 Å². The Morgan fingerprint density at radius 3 is 2.62 bits per heavy atom. The topological polar surface area (TPSA) is 41.1 Å². The first kappa shape index (κ1) is 16.0. The third-order valence-electron chi connectivity index (χ3n) is 4.53. The molecule has 116 valence electrons. The van der Waals surface area contributed by atoms with Gasteiger partial charge < -0.3 is 10.6 Å². The van der Waals surface area contributed by atoms with Crippen molar-refractivity contribution >= 4 is 5.91 Å². The molecule has 0 aromatic heterocycles. The Morgan fingerprint density at radius 2 is 1.90 bits per heavy atom. The predicted molar refractivity (Wildman–Crippen MR) is 86.9 cm³/mol. The van der Waals surface area contributed by atoms with E-state index in [2.05, 4.69) is 24.5 Å². The number of rotatable bonds is 6. The van der Waals surface area contributed by atoms with E-state index in [9.17, 15) is 4.79 Å². The number of hydrogen-bond donors (Lipinski definition) is 2. The zero-order chi connectivity index (χ0) is 15.1. The molecule has 21 heavy (non-hydrogen) atoms. The Balaban J connectivity index is 1.72. The minimum Gasteiger partial charge on any atom is -0.351 e. The number of carbonyl (C=O) groups is 1. The molecular formula is C18H28N2O. The highest BCUT2D eigenvalue weighted by Crippen LogP contribution is 2.29. The molecule has 2 unspecified atom stereocenters. The minimum atomic E-state index is 0.0898. The molecule has 0 bridgehead atoms. The lowest BCUT2D eigenvalue weighted by molar-refractivity contribution is -0.120. The van der Waals surface area contributed by atoms with Crippen molar-refractivity contribution in [3.63, 3.8) is 0 Å². The second kappa shape index (κ2) is 8.18. The predicted octanol–water partition coefficient (Wildman–Crippen LogP) is 3.11. The van der Waals surface area contributed by atoms with Gasteiger partial charge in [0.2, 0.25) is 5.91 Å². The van der Waals surface area contributed by atoms with E-state index in [1.165, 1.54) is 25.7 Å². The van der Waals surface area contributed by atoms with Crippen LogP contribution in [0.1, 0.15) is 45.1 Å². The van der Waals surface area contributed by atoms with E-state index in [1.807, 2.05) is 30.3 Å². The Morgan fingerprint density at radius 1 is 1.19 bits per heavy atom. The molecule has 0 heterocycles. The summed E-state index contributed by atoms with van der Waals surface area (Å²) in [7, 11) is 0. The standard InChI is InChI=1S/C18H28N2O/c1-14(2)16-10-6-7-11-17(16)19-13-18(21)20-12-15-8-4-3-5-9-15/h3-5,8-9,14,16-17,19H,6-7,10-13H2,1-2H3,(H,20,21). The van der Waals surface area contributed by atoms with Crippen molar-refractivity contribution < 1.29 is 4.79 Å². The third kappa shape index (κ3) is 5.16. The Bertz CT molecular complexity index is 430. The van der Waals surface area contributed by atoms with E-state index in [4.69, 9.17) is 0 Å². The van der Waals surface area contributed by atoms with E-state index in [1.54, 1.807) is 0 Å². The quantitative estimate of drug-likeness (QED) is 0.844. The summed E-state index contributed by atoms with van der Waals surface area (Å²) in [6.07, 6.45) is 5.11. The summed E-state index contributed by atoms with van der Waals surface area (Å²) in [5.74, 6) is 1.49. The van der Waals surface area contributed by atoms with Crippen LogP contribution in [0.2, 0.25) is 0 Å². The van der Waals surface area contributed by atoms with Gasteiger partial charge in [0.1, 0.15) is 0 Å². The summed E-state index contributed by atoms with van der Waals surface area (Å²) in [5.41, 5.74) is 1.14. The zero-order valence-corrected chi connectivity index (χ0v) is 13.3. The van der Waals surface area contributed by atoms with Crippen LogP contribution in [0.15, 0.2) is 30.3 Å². The van der Waals surface area contributed by atoms with Gasteiger partial charge in [0, 0.05) is 12.6 Å². The molecular weight excluding hydrogens is 260 g/mol. The van der Waals surface area contributed by atoms with E-state index in [0.717, 1.165) is 5.56 Å². The molecule has 1 aromatic rings. The first-order valence-corrected chi connectivity index (χ1v) is 8.21. The van der Waals surface area contributed by atoms with Crippen molar-refractivity contribution in [1.82, 2.24) is 10.6 Å². The second-order valence-electron chi connectivity index (χ2n) is 6.44. The fraction of sp³-hybridized carbons (Fsp3) is 0.611. The molecule has 1 saturated carbocycles. The van der Waals surface area contributed by atoms with Crippen LogP contribution in [0.5, 0.6) is 0 Å². The molecule has 0 spiro atoms. The Labute approximate surface area is 128 Å². The average molecular weight is 288 g/mol. The summed E-state index contributed by atoms with van der Waals surface area (Å²) in [4.78, 5) is 12.0. The van der Waals surface area contributed by atoms with Gasteiger partial charge >= 0.3 is 0 Å². The van der Waals surface area contributed by atoms with Gasteiger partial charge in [-0.25, -0.2) is 0 Å². The lowest BCUT2D eigenvalue weighted by atomic mass is 9.78. The SMILES string of the molecule is CC(C)C1CCCCC1NCC(=O)NCc1ccccc1. The fourth-order valence-electron chi connectivity index (χ4n) is 3.29. The smallest absolute Gasteiger partial charge is 0.234 e. The van der Waals surface area contributed by atoms with Crippen molar-refractivity contribution in [1.29, 1.82) is 0 Å². The molecule has 0 radical (unpaired) electrons. The summed E-state index contributed by atoms with van der Waals surface area (Å²) < 4.78 is 0. The monoisotopic (exact) mass is 288 g/mol. The molecule has 1 fully saturated rings. The number of amides is 1. The number of carbonyl (C=O) groups excluding carboxylic acids is 1. The van der Waals surface area contributed by atoms with E-state index < -0.39 is 0 Å². The molecule has 1 aromatic carbocycles. The molecule has 3 nitrogen and oxygen atoms in total. The van der Waals surface area contributed by atoms with E-state index in [-0.39, 0.29) is 5.91 Å². The Kier molecular flexibility index (Phi) is 6.24. The van der Waals surface area contributed by atoms with Gasteiger partial charge in [-0.1, -0.05) is 57.0 Å². The first-order valence-electron chi connectivity index (χ1n) is 8.21. The van der Waals surface area contributed by atoms with Crippen molar-refractivity contribution in [3.8, 4) is 0 Å². The number of hydrogen-bond acceptors (Lipinski definition) is 2. The van der Waals surface area contributed by atoms with Crippen LogP contribution < -0.4 is 10.6 Å². The maximum absolute atomic E-state index is 12.0. The molecule has 2 rings (SSSR count). The maximum atomic E-state index is 12.0. The third-order valence-corrected chi connectivity index (χ3v) is 4.53. The summed E-state index contributed by atoms with van der Waals surface area (Å²) in [6, 6.07) is 10.5. The highest BCUT2D eigenvalue weighted by molar-refractivity contribution is 5.78. The second-order valence-corrected chi connectivity index (χ2v) is 6.44. The summed E-state index contributed by atoms with van der Waals surface area (Å²) in [5, 5.41) is 6.46. The molecule has 2 N–H and O–H groups in total. The van der Waals surface area contributed by atoms with Crippen LogP contribution in [0.4, 0.5) is 0 Å². The van der Waals surface area contributed by atoms with Crippen LogP contribution in [0, 0.1) is 11.8 Å². The number of nitrogens with one attached hydrogen (secondary N) is 2. The molecule has 0 aliphatic heterocycles. The normalized spacial score (nSPS) is 22.2. The maximum Gasteiger partial charge on any atom is 0.234 e. The largest absolute Gasteiger partial charge is 0.351 e. The van der Waals surface area contributed by atoms with Gasteiger partial charge in [0.05, 0.1) is 6.54 Å². The van der Waals surface area contributed by atoms with Crippen LogP contribution in [0.25, 0.3) is 0 Å². The molecule has 0 saturated heterocycles. The van der Waals surface area contributed by atoms with Crippen molar-refractivity contribution in [2.45, 2.75) is 52.1 Å². The molecule has 1 amide bonds. The number of benzene rings is 1. The van der Waals surface area contributed by atoms with Gasteiger partial charge in [-0.05, 0) is 30.2 Å². The molecule has 1 aliphatic carbocycles. The van der Waals surface area contributed by atoms with Gasteiger partial charge in [0.15, 0.2) is 0 Å². The van der Waals surface area contributed by atoms with Crippen LogP contribution in [0.3, 0.4) is 0 Å². The van der Waals surface area contributed by atoms with Gasteiger partial charge in [-0.2, -0.15) is 0 Å². The van der Waals surface area contributed by atoms with Gasteiger partial charge in [-0.15, -0.1) is 0 Å². The van der Waals surface area contributed by atoms with Crippen molar-refractivity contribution in [2.24, 2.45) is 11.8 Å². The lowest BCUT2D eigenvalue weighted by Gasteiger charge is -2.35. The van der Waals surface area contributed by atoms with Gasteiger partial charge in [-0.3, -0.25) is 4.79 Å². The zero-order valence-electron chi connectivity index (χ0n) is 13.3. The van der Waals surface area contributed by atoms with Crippen molar-refractivity contribution in [2.75, 3.05) is 6.54 Å². The van der Waals surface area contributed by atoms with Crippen LogP contribution in [-0.2, 0) is 11.3 Å². The van der Waals surface area contributed by atoms with Gasteiger partial charge in [0.25, 0.3) is 0 Å². The molecule has 3 heteroatoms. The highest BCUT2D eigenvalue weighted by atomic mass is 16.1. The Hall–Kier alpha value is -1.35. The average Bonchev–Trinajstić information content (AvgIpc) is 2.52. The fourth-order valence-corrected chi connectivity index (χ4v) is 3.29. The molecule has 1 aliphatic rings. The van der Waals surface area contributed by atoms with Crippen molar-refractivity contribution in [3.05, 3.63) is 35.9 Å². The lowest BCUT2D eigenvalue weighted by Crippen LogP contribution is -2.45.